The second kappa shape index (κ2) is 7.24. The van der Waals surface area contributed by atoms with E-state index in [4.69, 9.17) is 5.73 Å². The molecule has 0 radical (unpaired) electrons. The van der Waals surface area contributed by atoms with Gasteiger partial charge in [0.2, 0.25) is 5.91 Å². The molecular formula is C14H20N2OS. The predicted octanol–water partition coefficient (Wildman–Crippen LogP) is 2.49. The van der Waals surface area contributed by atoms with Gasteiger partial charge < -0.3 is 11.1 Å². The first kappa shape index (κ1) is 14.8. The number of thioether (sulfide) groups is 1. The van der Waals surface area contributed by atoms with Crippen LogP contribution in [0.2, 0.25) is 0 Å². The van der Waals surface area contributed by atoms with Gasteiger partial charge in [-0.05, 0) is 31.5 Å². The third kappa shape index (κ3) is 4.55. The molecule has 1 amide bonds. The Morgan fingerprint density at radius 3 is 2.56 bits per heavy atom. The molecule has 0 aromatic heterocycles. The summed E-state index contributed by atoms with van der Waals surface area (Å²) < 4.78 is 0. The van der Waals surface area contributed by atoms with Crippen LogP contribution in [0.15, 0.2) is 41.8 Å². The second-order valence-electron chi connectivity index (χ2n) is 4.15. The molecule has 0 spiro atoms. The highest BCUT2D eigenvalue weighted by Gasteiger charge is 2.13. The summed E-state index contributed by atoms with van der Waals surface area (Å²) in [5.74, 6) is 0.0242. The lowest BCUT2D eigenvalue weighted by atomic mass is 10.1. The van der Waals surface area contributed by atoms with Crippen molar-refractivity contribution in [1.29, 1.82) is 0 Å². The Bertz CT molecular complexity index is 401. The Labute approximate surface area is 113 Å². The van der Waals surface area contributed by atoms with Gasteiger partial charge in [-0.1, -0.05) is 18.2 Å². The molecule has 0 bridgehead atoms. The normalized spacial score (nSPS) is 13.7. The Morgan fingerprint density at radius 1 is 1.44 bits per heavy atom. The first-order chi connectivity index (χ1) is 8.54. The molecular weight excluding hydrogens is 244 g/mol. The summed E-state index contributed by atoms with van der Waals surface area (Å²) in [6.45, 7) is 7.92. The second-order valence-corrected chi connectivity index (χ2v) is 5.57. The van der Waals surface area contributed by atoms with E-state index in [0.717, 1.165) is 10.5 Å². The molecule has 0 heterocycles. The lowest BCUT2D eigenvalue weighted by Crippen LogP contribution is -2.30. The minimum absolute atomic E-state index is 0.0242. The first-order valence-corrected chi connectivity index (χ1v) is 6.83. The van der Waals surface area contributed by atoms with Crippen LogP contribution < -0.4 is 11.1 Å². The zero-order valence-corrected chi connectivity index (χ0v) is 11.7. The van der Waals surface area contributed by atoms with Gasteiger partial charge in [0.05, 0.1) is 5.25 Å². The van der Waals surface area contributed by atoms with Crippen molar-refractivity contribution >= 4 is 17.7 Å². The molecule has 18 heavy (non-hydrogen) atoms. The van der Waals surface area contributed by atoms with Gasteiger partial charge in [-0.25, -0.2) is 0 Å². The van der Waals surface area contributed by atoms with Gasteiger partial charge in [0, 0.05) is 17.5 Å². The van der Waals surface area contributed by atoms with E-state index >= 15 is 0 Å². The van der Waals surface area contributed by atoms with Gasteiger partial charge in [-0.2, -0.15) is 0 Å². The number of benzene rings is 1. The molecule has 1 aromatic rings. The van der Waals surface area contributed by atoms with E-state index in [1.807, 2.05) is 38.1 Å². The van der Waals surface area contributed by atoms with Crippen LogP contribution in [0.25, 0.3) is 0 Å². The number of nitrogens with two attached hydrogens (primary N) is 1. The maximum absolute atomic E-state index is 11.7. The summed E-state index contributed by atoms with van der Waals surface area (Å²) in [7, 11) is 0. The molecule has 4 heteroatoms. The van der Waals surface area contributed by atoms with Crippen molar-refractivity contribution in [3.8, 4) is 0 Å². The highest BCUT2D eigenvalue weighted by Crippen LogP contribution is 2.24. The number of nitrogens with one attached hydrogen (secondary N) is 1. The lowest BCUT2D eigenvalue weighted by molar-refractivity contribution is -0.120. The van der Waals surface area contributed by atoms with Crippen LogP contribution >= 0.6 is 11.8 Å². The van der Waals surface area contributed by atoms with Crippen molar-refractivity contribution in [1.82, 2.24) is 5.32 Å². The van der Waals surface area contributed by atoms with E-state index in [1.165, 1.54) is 11.8 Å². The molecule has 3 nitrogen and oxygen atoms in total. The van der Waals surface area contributed by atoms with Gasteiger partial charge in [0.1, 0.15) is 0 Å². The molecule has 3 N–H and O–H groups in total. The average Bonchev–Trinajstić information content (AvgIpc) is 2.36. The Kier molecular flexibility index (Phi) is 5.95. The maximum Gasteiger partial charge on any atom is 0.233 e. The van der Waals surface area contributed by atoms with E-state index in [-0.39, 0.29) is 17.2 Å². The monoisotopic (exact) mass is 264 g/mol. The maximum atomic E-state index is 11.7. The molecule has 2 unspecified atom stereocenters. The highest BCUT2D eigenvalue weighted by atomic mass is 32.2. The fourth-order valence-electron chi connectivity index (χ4n) is 1.42. The van der Waals surface area contributed by atoms with Gasteiger partial charge in [-0.3, -0.25) is 4.79 Å². The van der Waals surface area contributed by atoms with Crippen molar-refractivity contribution in [3.63, 3.8) is 0 Å². The summed E-state index contributed by atoms with van der Waals surface area (Å²) in [5.41, 5.74) is 6.89. The van der Waals surface area contributed by atoms with Gasteiger partial charge in [-0.15, -0.1) is 18.3 Å². The molecule has 2 atom stereocenters. The molecule has 0 aliphatic heterocycles. The van der Waals surface area contributed by atoms with Crippen LogP contribution in [0.5, 0.6) is 0 Å². The quantitative estimate of drug-likeness (QED) is 0.613. The minimum Gasteiger partial charge on any atom is -0.352 e. The third-order valence-electron chi connectivity index (χ3n) is 2.51. The Hall–Kier alpha value is -1.26. The van der Waals surface area contributed by atoms with Gasteiger partial charge in [0.25, 0.3) is 0 Å². The third-order valence-corrected chi connectivity index (χ3v) is 3.62. The average molecular weight is 264 g/mol. The van der Waals surface area contributed by atoms with Crippen LogP contribution in [-0.2, 0) is 4.79 Å². The van der Waals surface area contributed by atoms with Crippen LogP contribution in [0.3, 0.4) is 0 Å². The van der Waals surface area contributed by atoms with E-state index in [0.29, 0.717) is 6.54 Å². The molecule has 0 fully saturated rings. The lowest BCUT2D eigenvalue weighted by Gasteiger charge is -2.12. The SMILES string of the molecule is C=CCNC(=O)C(C)Sc1ccc(C(C)N)cc1. The van der Waals surface area contributed by atoms with Crippen molar-refractivity contribution in [2.45, 2.75) is 30.0 Å². The van der Waals surface area contributed by atoms with Crippen LogP contribution in [0, 0.1) is 0 Å². The summed E-state index contributed by atoms with van der Waals surface area (Å²) in [6, 6.07) is 8.04. The van der Waals surface area contributed by atoms with E-state index in [9.17, 15) is 4.79 Å². The van der Waals surface area contributed by atoms with Crippen molar-refractivity contribution < 1.29 is 4.79 Å². The molecule has 1 aromatic carbocycles. The van der Waals surface area contributed by atoms with Crippen molar-refractivity contribution in [3.05, 3.63) is 42.5 Å². The highest BCUT2D eigenvalue weighted by molar-refractivity contribution is 8.00. The number of hydrogen-bond acceptors (Lipinski definition) is 3. The van der Waals surface area contributed by atoms with Crippen LogP contribution in [-0.4, -0.2) is 17.7 Å². The molecule has 0 aliphatic carbocycles. The number of carbonyl (C=O) groups excluding carboxylic acids is 1. The van der Waals surface area contributed by atoms with Gasteiger partial charge in [0.15, 0.2) is 0 Å². The predicted molar refractivity (Wildman–Crippen MR) is 77.6 cm³/mol. The molecule has 0 saturated heterocycles. The summed E-state index contributed by atoms with van der Waals surface area (Å²) in [5, 5.41) is 2.66. The molecule has 1 rings (SSSR count). The largest absolute Gasteiger partial charge is 0.352 e. The number of hydrogen-bond donors (Lipinski definition) is 2. The number of carbonyl (C=O) groups is 1. The number of amides is 1. The zero-order valence-electron chi connectivity index (χ0n) is 10.8. The van der Waals surface area contributed by atoms with E-state index in [2.05, 4.69) is 11.9 Å². The summed E-state index contributed by atoms with van der Waals surface area (Å²) in [6.07, 6.45) is 1.67. The van der Waals surface area contributed by atoms with Gasteiger partial charge >= 0.3 is 0 Å². The topological polar surface area (TPSA) is 55.1 Å². The molecule has 98 valence electrons. The van der Waals surface area contributed by atoms with E-state index in [1.54, 1.807) is 6.08 Å². The summed E-state index contributed by atoms with van der Waals surface area (Å²) in [4.78, 5) is 12.8. The Morgan fingerprint density at radius 2 is 2.06 bits per heavy atom. The number of rotatable bonds is 6. The summed E-state index contributed by atoms with van der Waals surface area (Å²) >= 11 is 1.54. The smallest absolute Gasteiger partial charge is 0.233 e. The minimum atomic E-state index is -0.119. The standard InChI is InChI=1S/C14H20N2OS/c1-4-9-16-14(17)11(3)18-13-7-5-12(6-8-13)10(2)15/h4-8,10-11H,1,9,15H2,2-3H3,(H,16,17). The first-order valence-electron chi connectivity index (χ1n) is 5.95. The van der Waals surface area contributed by atoms with Crippen LogP contribution in [0.1, 0.15) is 25.5 Å². The fourth-order valence-corrected chi connectivity index (χ4v) is 2.32. The van der Waals surface area contributed by atoms with Crippen LogP contribution in [0.4, 0.5) is 0 Å². The van der Waals surface area contributed by atoms with Crippen molar-refractivity contribution in [2.75, 3.05) is 6.54 Å². The van der Waals surface area contributed by atoms with Crippen molar-refractivity contribution in [2.24, 2.45) is 5.73 Å². The van der Waals surface area contributed by atoms with E-state index < -0.39 is 0 Å². The zero-order chi connectivity index (χ0) is 13.5. The fraction of sp³-hybridized carbons (Fsp3) is 0.357. The Balaban J connectivity index is 2.56. The molecule has 0 saturated carbocycles. The molecule has 0 aliphatic rings.